The van der Waals surface area contributed by atoms with Crippen LogP contribution in [0.2, 0.25) is 0 Å². The standard InChI is InChI=1S/C17H18N4O3/c1-12-11-24-9-8-21(12)17(23)13-2-4-14(5-3-13)20-16(22)15-10-18-6-7-19-15/h2-7,10,12H,8-9,11H2,1H3,(H,20,22). The predicted molar refractivity (Wildman–Crippen MR) is 87.7 cm³/mol. The summed E-state index contributed by atoms with van der Waals surface area (Å²) in [6.07, 6.45) is 4.36. The van der Waals surface area contributed by atoms with Crippen LogP contribution < -0.4 is 5.32 Å². The molecule has 1 fully saturated rings. The van der Waals surface area contributed by atoms with Gasteiger partial charge in [0, 0.05) is 30.2 Å². The Bertz CT molecular complexity index is 718. The first-order valence-electron chi connectivity index (χ1n) is 7.71. The Morgan fingerprint density at radius 2 is 2.04 bits per heavy atom. The van der Waals surface area contributed by atoms with Crippen molar-refractivity contribution in [2.24, 2.45) is 0 Å². The maximum atomic E-state index is 12.5. The Hall–Kier alpha value is -2.80. The zero-order valence-corrected chi connectivity index (χ0v) is 13.3. The Morgan fingerprint density at radius 1 is 1.25 bits per heavy atom. The van der Waals surface area contributed by atoms with E-state index in [-0.39, 0.29) is 23.6 Å². The smallest absolute Gasteiger partial charge is 0.275 e. The summed E-state index contributed by atoms with van der Waals surface area (Å²) < 4.78 is 5.35. The molecule has 1 aromatic heterocycles. The second kappa shape index (κ2) is 7.18. The quantitative estimate of drug-likeness (QED) is 0.926. The van der Waals surface area contributed by atoms with E-state index in [0.717, 1.165) is 0 Å². The minimum Gasteiger partial charge on any atom is -0.377 e. The van der Waals surface area contributed by atoms with Crippen LogP contribution in [0.1, 0.15) is 27.8 Å². The highest BCUT2D eigenvalue weighted by Crippen LogP contribution is 2.15. The number of amides is 2. The molecule has 1 N–H and O–H groups in total. The monoisotopic (exact) mass is 326 g/mol. The fraction of sp³-hybridized carbons (Fsp3) is 0.294. The van der Waals surface area contributed by atoms with E-state index in [1.807, 2.05) is 6.92 Å². The minimum atomic E-state index is -0.344. The van der Waals surface area contributed by atoms with Crippen LogP contribution in [0.3, 0.4) is 0 Å². The maximum absolute atomic E-state index is 12.5. The average Bonchev–Trinajstić information content (AvgIpc) is 2.63. The van der Waals surface area contributed by atoms with E-state index >= 15 is 0 Å². The van der Waals surface area contributed by atoms with E-state index < -0.39 is 0 Å². The van der Waals surface area contributed by atoms with Gasteiger partial charge in [0.2, 0.25) is 0 Å². The number of carbonyl (C=O) groups is 2. The Labute approximate surface area is 139 Å². The minimum absolute atomic E-state index is 0.0300. The highest BCUT2D eigenvalue weighted by Gasteiger charge is 2.24. The van der Waals surface area contributed by atoms with Crippen molar-refractivity contribution in [2.75, 3.05) is 25.1 Å². The molecule has 0 saturated carbocycles. The van der Waals surface area contributed by atoms with Gasteiger partial charge in [0.1, 0.15) is 5.69 Å². The van der Waals surface area contributed by atoms with Crippen LogP contribution in [0.5, 0.6) is 0 Å². The number of aromatic nitrogens is 2. The van der Waals surface area contributed by atoms with Gasteiger partial charge in [0.05, 0.1) is 25.5 Å². The number of benzene rings is 1. The molecule has 1 aromatic carbocycles. The number of nitrogens with one attached hydrogen (secondary N) is 1. The van der Waals surface area contributed by atoms with Crippen LogP contribution in [-0.4, -0.2) is 52.5 Å². The SMILES string of the molecule is CC1COCCN1C(=O)c1ccc(NC(=O)c2cnccn2)cc1. The topological polar surface area (TPSA) is 84.4 Å². The molecule has 1 aliphatic rings. The molecule has 0 aliphatic carbocycles. The van der Waals surface area contributed by atoms with Gasteiger partial charge in [-0.3, -0.25) is 14.6 Å². The van der Waals surface area contributed by atoms with Crippen LogP contribution in [0.25, 0.3) is 0 Å². The molecule has 1 unspecified atom stereocenters. The number of nitrogens with zero attached hydrogens (tertiary/aromatic N) is 3. The Kier molecular flexibility index (Phi) is 4.81. The van der Waals surface area contributed by atoms with E-state index in [1.165, 1.54) is 18.6 Å². The number of rotatable bonds is 3. The van der Waals surface area contributed by atoms with Gasteiger partial charge >= 0.3 is 0 Å². The van der Waals surface area contributed by atoms with Crippen LogP contribution in [-0.2, 0) is 4.74 Å². The molecule has 7 heteroatoms. The molecule has 124 valence electrons. The molecule has 2 heterocycles. The molecule has 0 spiro atoms. The fourth-order valence-corrected chi connectivity index (χ4v) is 2.50. The van der Waals surface area contributed by atoms with Crippen molar-refractivity contribution in [3.8, 4) is 0 Å². The molecular formula is C17H18N4O3. The predicted octanol–water partition coefficient (Wildman–Crippen LogP) is 1.59. The van der Waals surface area contributed by atoms with Crippen molar-refractivity contribution >= 4 is 17.5 Å². The van der Waals surface area contributed by atoms with E-state index in [2.05, 4.69) is 15.3 Å². The summed E-state index contributed by atoms with van der Waals surface area (Å²) in [5.41, 5.74) is 1.42. The molecule has 24 heavy (non-hydrogen) atoms. The third-order valence-corrected chi connectivity index (χ3v) is 3.81. The zero-order chi connectivity index (χ0) is 16.9. The normalized spacial score (nSPS) is 17.4. The highest BCUT2D eigenvalue weighted by molar-refractivity contribution is 6.03. The average molecular weight is 326 g/mol. The Balaban J connectivity index is 1.67. The summed E-state index contributed by atoms with van der Waals surface area (Å²) in [6.45, 7) is 3.66. The van der Waals surface area contributed by atoms with Gasteiger partial charge in [0.15, 0.2) is 0 Å². The third-order valence-electron chi connectivity index (χ3n) is 3.81. The summed E-state index contributed by atoms with van der Waals surface area (Å²) in [6, 6.07) is 6.87. The molecule has 1 saturated heterocycles. The molecule has 2 aromatic rings. The van der Waals surface area contributed by atoms with Crippen molar-refractivity contribution in [3.05, 3.63) is 54.1 Å². The van der Waals surface area contributed by atoms with Crippen molar-refractivity contribution in [1.29, 1.82) is 0 Å². The van der Waals surface area contributed by atoms with E-state index in [1.54, 1.807) is 29.2 Å². The van der Waals surface area contributed by atoms with Crippen molar-refractivity contribution in [1.82, 2.24) is 14.9 Å². The van der Waals surface area contributed by atoms with E-state index in [4.69, 9.17) is 4.74 Å². The second-order valence-electron chi connectivity index (χ2n) is 5.54. The van der Waals surface area contributed by atoms with Crippen molar-refractivity contribution < 1.29 is 14.3 Å². The van der Waals surface area contributed by atoms with Gasteiger partial charge in [-0.15, -0.1) is 0 Å². The number of ether oxygens (including phenoxy) is 1. The van der Waals surface area contributed by atoms with Gasteiger partial charge in [-0.1, -0.05) is 0 Å². The summed E-state index contributed by atoms with van der Waals surface area (Å²) in [5.74, 6) is -0.374. The van der Waals surface area contributed by atoms with Crippen LogP contribution in [0.4, 0.5) is 5.69 Å². The number of carbonyl (C=O) groups excluding carboxylic acids is 2. The second-order valence-corrected chi connectivity index (χ2v) is 5.54. The summed E-state index contributed by atoms with van der Waals surface area (Å²) in [7, 11) is 0. The van der Waals surface area contributed by atoms with Crippen LogP contribution in [0, 0.1) is 0 Å². The summed E-state index contributed by atoms with van der Waals surface area (Å²) >= 11 is 0. The van der Waals surface area contributed by atoms with Crippen LogP contribution in [0.15, 0.2) is 42.9 Å². The maximum Gasteiger partial charge on any atom is 0.275 e. The third kappa shape index (κ3) is 3.57. The van der Waals surface area contributed by atoms with Crippen LogP contribution >= 0.6 is 0 Å². The van der Waals surface area contributed by atoms with Gasteiger partial charge < -0.3 is 15.0 Å². The highest BCUT2D eigenvalue weighted by atomic mass is 16.5. The first-order valence-corrected chi connectivity index (χ1v) is 7.71. The lowest BCUT2D eigenvalue weighted by molar-refractivity contribution is 0.00359. The number of anilines is 1. The largest absolute Gasteiger partial charge is 0.377 e. The van der Waals surface area contributed by atoms with E-state index in [0.29, 0.717) is 31.0 Å². The van der Waals surface area contributed by atoms with Gasteiger partial charge in [0.25, 0.3) is 11.8 Å². The summed E-state index contributed by atoms with van der Waals surface area (Å²) in [4.78, 5) is 34.2. The van der Waals surface area contributed by atoms with E-state index in [9.17, 15) is 9.59 Å². The number of hydrogen-bond donors (Lipinski definition) is 1. The lowest BCUT2D eigenvalue weighted by Gasteiger charge is -2.33. The lowest BCUT2D eigenvalue weighted by Crippen LogP contribution is -2.47. The summed E-state index contributed by atoms with van der Waals surface area (Å²) in [5, 5.41) is 2.73. The lowest BCUT2D eigenvalue weighted by atomic mass is 10.1. The molecule has 0 radical (unpaired) electrons. The fourth-order valence-electron chi connectivity index (χ4n) is 2.50. The first-order chi connectivity index (χ1) is 11.6. The van der Waals surface area contributed by atoms with Crippen molar-refractivity contribution in [3.63, 3.8) is 0 Å². The number of hydrogen-bond acceptors (Lipinski definition) is 5. The van der Waals surface area contributed by atoms with Gasteiger partial charge in [-0.05, 0) is 31.2 Å². The van der Waals surface area contributed by atoms with Gasteiger partial charge in [-0.25, -0.2) is 4.98 Å². The number of morpholine rings is 1. The molecule has 1 atom stereocenters. The van der Waals surface area contributed by atoms with Crippen molar-refractivity contribution in [2.45, 2.75) is 13.0 Å². The molecule has 0 bridgehead atoms. The molecule has 3 rings (SSSR count). The molecule has 1 aliphatic heterocycles. The molecule has 2 amide bonds. The molecule has 7 nitrogen and oxygen atoms in total. The Morgan fingerprint density at radius 3 is 2.71 bits per heavy atom. The van der Waals surface area contributed by atoms with Gasteiger partial charge in [-0.2, -0.15) is 0 Å². The first kappa shape index (κ1) is 16.1. The zero-order valence-electron chi connectivity index (χ0n) is 13.3. The molecular weight excluding hydrogens is 308 g/mol.